The fraction of sp³-hybridized carbons (Fsp3) is 0.611. The summed E-state index contributed by atoms with van der Waals surface area (Å²) in [7, 11) is 0. The summed E-state index contributed by atoms with van der Waals surface area (Å²) in [6, 6.07) is 8.70. The summed E-state index contributed by atoms with van der Waals surface area (Å²) in [5.41, 5.74) is 8.64. The molecular formula is C18H28N2O. The molecule has 0 aromatic heterocycles. The zero-order valence-corrected chi connectivity index (χ0v) is 13.5. The Hall–Kier alpha value is -1.35. The largest absolute Gasteiger partial charge is 0.352 e. The highest BCUT2D eigenvalue weighted by Crippen LogP contribution is 2.26. The molecule has 21 heavy (non-hydrogen) atoms. The molecule has 0 heterocycles. The third kappa shape index (κ3) is 4.57. The highest BCUT2D eigenvalue weighted by molar-refractivity contribution is 5.76. The molecule has 0 unspecified atom stereocenters. The molecule has 0 saturated heterocycles. The lowest BCUT2D eigenvalue weighted by Gasteiger charge is -2.19. The Bertz CT molecular complexity index is 473. The van der Waals surface area contributed by atoms with E-state index in [0.29, 0.717) is 18.9 Å². The van der Waals surface area contributed by atoms with Gasteiger partial charge in [0.05, 0.1) is 0 Å². The predicted molar refractivity (Wildman–Crippen MR) is 86.9 cm³/mol. The predicted octanol–water partition coefficient (Wildman–Crippen LogP) is 3.12. The first-order valence-electron chi connectivity index (χ1n) is 7.98. The number of nitrogens with two attached hydrogens (primary N) is 1. The molecule has 1 amide bonds. The maximum Gasteiger partial charge on any atom is 0.220 e. The third-order valence-corrected chi connectivity index (χ3v) is 4.48. The van der Waals surface area contributed by atoms with Crippen LogP contribution in [0.25, 0.3) is 0 Å². The van der Waals surface area contributed by atoms with Crippen molar-refractivity contribution in [2.45, 2.75) is 64.5 Å². The van der Waals surface area contributed by atoms with E-state index in [1.54, 1.807) is 0 Å². The van der Waals surface area contributed by atoms with Crippen molar-refractivity contribution in [3.63, 3.8) is 0 Å². The Morgan fingerprint density at radius 2 is 1.90 bits per heavy atom. The fourth-order valence-electron chi connectivity index (χ4n) is 2.95. The minimum absolute atomic E-state index is 0.122. The molecule has 0 aliphatic heterocycles. The van der Waals surface area contributed by atoms with E-state index in [1.165, 1.54) is 5.56 Å². The summed E-state index contributed by atoms with van der Waals surface area (Å²) in [6.45, 7) is 7.21. The molecule has 1 aliphatic rings. The van der Waals surface area contributed by atoms with E-state index < -0.39 is 0 Å². The van der Waals surface area contributed by atoms with Crippen molar-refractivity contribution >= 4 is 5.91 Å². The highest BCUT2D eigenvalue weighted by Gasteiger charge is 2.25. The Morgan fingerprint density at radius 1 is 1.24 bits per heavy atom. The van der Waals surface area contributed by atoms with Crippen LogP contribution in [0.2, 0.25) is 0 Å². The zero-order chi connectivity index (χ0) is 15.5. The van der Waals surface area contributed by atoms with Gasteiger partial charge < -0.3 is 11.1 Å². The Kier molecular flexibility index (Phi) is 5.04. The number of carbonyl (C=O) groups excluding carboxylic acids is 1. The summed E-state index contributed by atoms with van der Waals surface area (Å²) >= 11 is 0. The van der Waals surface area contributed by atoms with E-state index in [4.69, 9.17) is 5.73 Å². The van der Waals surface area contributed by atoms with Crippen LogP contribution in [0.3, 0.4) is 0 Å². The summed E-state index contributed by atoms with van der Waals surface area (Å²) in [6.07, 6.45) is 3.88. The zero-order valence-electron chi connectivity index (χ0n) is 13.5. The van der Waals surface area contributed by atoms with Gasteiger partial charge in [-0.3, -0.25) is 4.79 Å². The summed E-state index contributed by atoms with van der Waals surface area (Å²) in [4.78, 5) is 12.0. The first-order chi connectivity index (χ1) is 9.86. The third-order valence-electron chi connectivity index (χ3n) is 4.48. The van der Waals surface area contributed by atoms with E-state index in [-0.39, 0.29) is 17.4 Å². The van der Waals surface area contributed by atoms with E-state index in [2.05, 4.69) is 50.4 Å². The number of carbonyl (C=O) groups is 1. The molecular weight excluding hydrogens is 260 g/mol. The SMILES string of the molecule is CC(C)(C)c1ccc(CNC(=O)C[C@@H]2CCC[C@H]2N)cc1. The monoisotopic (exact) mass is 288 g/mol. The highest BCUT2D eigenvalue weighted by atomic mass is 16.1. The molecule has 1 aromatic carbocycles. The molecule has 0 spiro atoms. The smallest absolute Gasteiger partial charge is 0.220 e. The molecule has 1 saturated carbocycles. The standard InChI is InChI=1S/C18H28N2O/c1-18(2,3)15-9-7-13(8-10-15)12-20-17(21)11-14-5-4-6-16(14)19/h7-10,14,16H,4-6,11-12,19H2,1-3H3,(H,20,21)/t14-,16+/m0/s1. The lowest BCUT2D eigenvalue weighted by Crippen LogP contribution is -2.31. The van der Waals surface area contributed by atoms with Crippen molar-refractivity contribution < 1.29 is 4.79 Å². The van der Waals surface area contributed by atoms with Crippen LogP contribution in [-0.2, 0) is 16.8 Å². The van der Waals surface area contributed by atoms with Crippen LogP contribution in [0.15, 0.2) is 24.3 Å². The Balaban J connectivity index is 1.81. The van der Waals surface area contributed by atoms with Crippen molar-refractivity contribution in [1.82, 2.24) is 5.32 Å². The van der Waals surface area contributed by atoms with Crippen LogP contribution >= 0.6 is 0 Å². The maximum absolute atomic E-state index is 12.0. The molecule has 1 fully saturated rings. The minimum Gasteiger partial charge on any atom is -0.352 e. The second-order valence-corrected chi connectivity index (χ2v) is 7.28. The van der Waals surface area contributed by atoms with Gasteiger partial charge in [0.2, 0.25) is 5.91 Å². The van der Waals surface area contributed by atoms with Crippen LogP contribution in [0.4, 0.5) is 0 Å². The number of benzene rings is 1. The van der Waals surface area contributed by atoms with Gasteiger partial charge in [-0.25, -0.2) is 0 Å². The number of rotatable bonds is 4. The maximum atomic E-state index is 12.0. The molecule has 2 atom stereocenters. The normalized spacial score (nSPS) is 22.3. The molecule has 116 valence electrons. The summed E-state index contributed by atoms with van der Waals surface area (Å²) in [5, 5.41) is 3.01. The van der Waals surface area contributed by atoms with Gasteiger partial charge in [0, 0.05) is 19.0 Å². The van der Waals surface area contributed by atoms with Crippen LogP contribution in [-0.4, -0.2) is 11.9 Å². The Morgan fingerprint density at radius 3 is 2.43 bits per heavy atom. The van der Waals surface area contributed by atoms with E-state index >= 15 is 0 Å². The first-order valence-corrected chi connectivity index (χ1v) is 7.98. The van der Waals surface area contributed by atoms with Gasteiger partial charge in [-0.05, 0) is 35.3 Å². The molecule has 1 aliphatic carbocycles. The van der Waals surface area contributed by atoms with Gasteiger partial charge in [-0.2, -0.15) is 0 Å². The van der Waals surface area contributed by atoms with Crippen LogP contribution < -0.4 is 11.1 Å². The van der Waals surface area contributed by atoms with Crippen molar-refractivity contribution in [3.8, 4) is 0 Å². The van der Waals surface area contributed by atoms with Gasteiger partial charge in [0.25, 0.3) is 0 Å². The van der Waals surface area contributed by atoms with E-state index in [0.717, 1.165) is 24.8 Å². The Labute approximate surface area is 128 Å². The average Bonchev–Trinajstić information content (AvgIpc) is 2.81. The number of hydrogen-bond donors (Lipinski definition) is 2. The van der Waals surface area contributed by atoms with Crippen molar-refractivity contribution in [2.24, 2.45) is 11.7 Å². The molecule has 1 aromatic rings. The average molecular weight is 288 g/mol. The second kappa shape index (κ2) is 6.61. The number of amides is 1. The van der Waals surface area contributed by atoms with E-state index in [9.17, 15) is 4.79 Å². The van der Waals surface area contributed by atoms with Crippen LogP contribution in [0.1, 0.15) is 57.6 Å². The van der Waals surface area contributed by atoms with E-state index in [1.807, 2.05) is 0 Å². The summed E-state index contributed by atoms with van der Waals surface area (Å²) in [5.74, 6) is 0.491. The fourth-order valence-corrected chi connectivity index (χ4v) is 2.95. The van der Waals surface area contributed by atoms with Gasteiger partial charge in [0.15, 0.2) is 0 Å². The van der Waals surface area contributed by atoms with Crippen LogP contribution in [0.5, 0.6) is 0 Å². The lowest BCUT2D eigenvalue weighted by atomic mass is 9.87. The molecule has 2 rings (SSSR count). The number of hydrogen-bond acceptors (Lipinski definition) is 2. The van der Waals surface area contributed by atoms with Gasteiger partial charge in [-0.15, -0.1) is 0 Å². The van der Waals surface area contributed by atoms with Crippen molar-refractivity contribution in [3.05, 3.63) is 35.4 Å². The molecule has 0 bridgehead atoms. The van der Waals surface area contributed by atoms with Gasteiger partial charge in [0.1, 0.15) is 0 Å². The molecule has 3 N–H and O–H groups in total. The van der Waals surface area contributed by atoms with Crippen molar-refractivity contribution in [2.75, 3.05) is 0 Å². The quantitative estimate of drug-likeness (QED) is 0.894. The number of nitrogens with one attached hydrogen (secondary N) is 1. The van der Waals surface area contributed by atoms with Crippen molar-refractivity contribution in [1.29, 1.82) is 0 Å². The van der Waals surface area contributed by atoms with Gasteiger partial charge >= 0.3 is 0 Å². The first kappa shape index (κ1) is 16.0. The minimum atomic E-state index is 0.122. The summed E-state index contributed by atoms with van der Waals surface area (Å²) < 4.78 is 0. The van der Waals surface area contributed by atoms with Crippen LogP contribution in [0, 0.1) is 5.92 Å². The molecule has 0 radical (unpaired) electrons. The lowest BCUT2D eigenvalue weighted by molar-refractivity contribution is -0.122. The topological polar surface area (TPSA) is 55.1 Å². The second-order valence-electron chi connectivity index (χ2n) is 7.28. The molecule has 3 nitrogen and oxygen atoms in total. The van der Waals surface area contributed by atoms with Gasteiger partial charge in [-0.1, -0.05) is 51.5 Å². The molecule has 3 heteroatoms.